The van der Waals surface area contributed by atoms with E-state index in [0.29, 0.717) is 18.4 Å². The van der Waals surface area contributed by atoms with Gasteiger partial charge >= 0.3 is 0 Å². The maximum absolute atomic E-state index is 5.36. The van der Waals surface area contributed by atoms with E-state index in [-0.39, 0.29) is 0 Å². The van der Waals surface area contributed by atoms with Crippen LogP contribution < -0.4 is 16.6 Å². The predicted molar refractivity (Wildman–Crippen MR) is 64.5 cm³/mol. The molecule has 0 aromatic carbocycles. The molecule has 0 radical (unpaired) electrons. The van der Waals surface area contributed by atoms with E-state index in [1.807, 2.05) is 19.3 Å². The van der Waals surface area contributed by atoms with Gasteiger partial charge in [0, 0.05) is 19.8 Å². The van der Waals surface area contributed by atoms with Crippen molar-refractivity contribution in [3.8, 4) is 0 Å². The smallest absolute Gasteiger partial charge is 0.206 e. The molecule has 0 bridgehead atoms. The van der Waals surface area contributed by atoms with Crippen LogP contribution in [0.5, 0.6) is 0 Å². The fraction of sp³-hybridized carbons (Fsp3) is 0.600. The maximum Gasteiger partial charge on any atom is 0.206 e. The molecule has 90 valence electrons. The number of hydrazine groups is 1. The highest BCUT2D eigenvalue weighted by atomic mass is 15.3. The van der Waals surface area contributed by atoms with E-state index < -0.39 is 0 Å². The number of nitrogens with zero attached hydrogens (tertiary/aromatic N) is 3. The van der Waals surface area contributed by atoms with Crippen LogP contribution >= 0.6 is 0 Å². The van der Waals surface area contributed by atoms with Crippen molar-refractivity contribution in [2.45, 2.75) is 20.4 Å². The Morgan fingerprint density at radius 2 is 2.38 bits per heavy atom. The Morgan fingerprint density at radius 1 is 1.62 bits per heavy atom. The highest BCUT2D eigenvalue weighted by Gasteiger charge is 1.99. The summed E-state index contributed by atoms with van der Waals surface area (Å²) in [5, 5.41) is 7.35. The lowest BCUT2D eigenvalue weighted by atomic mass is 10.2. The zero-order chi connectivity index (χ0) is 12.0. The lowest BCUT2D eigenvalue weighted by Crippen LogP contribution is -2.42. The molecule has 0 atom stereocenters. The van der Waals surface area contributed by atoms with E-state index in [2.05, 4.69) is 34.7 Å². The van der Waals surface area contributed by atoms with Gasteiger partial charge in [-0.3, -0.25) is 10.1 Å². The molecular formula is C10H20N6. The number of aliphatic imine (C=N–C) groups is 1. The fourth-order valence-corrected chi connectivity index (χ4v) is 1.16. The first kappa shape index (κ1) is 12.5. The second kappa shape index (κ2) is 6.12. The largest absolute Gasteiger partial charge is 0.355 e. The van der Waals surface area contributed by atoms with E-state index in [1.165, 1.54) is 0 Å². The number of guanidine groups is 1. The molecule has 1 aromatic rings. The van der Waals surface area contributed by atoms with Gasteiger partial charge in [0.2, 0.25) is 5.96 Å². The minimum Gasteiger partial charge on any atom is -0.355 e. The van der Waals surface area contributed by atoms with Crippen LogP contribution in [0.4, 0.5) is 0 Å². The fourth-order valence-electron chi connectivity index (χ4n) is 1.16. The summed E-state index contributed by atoms with van der Waals surface area (Å²) < 4.78 is 1.75. The van der Waals surface area contributed by atoms with Gasteiger partial charge in [-0.1, -0.05) is 13.8 Å². The van der Waals surface area contributed by atoms with Crippen LogP contribution in [0.1, 0.15) is 19.5 Å². The molecule has 6 heteroatoms. The molecule has 1 heterocycles. The maximum atomic E-state index is 5.36. The van der Waals surface area contributed by atoms with E-state index in [1.54, 1.807) is 4.68 Å². The standard InChI is InChI=1S/C10H20N6/c1-8(2)6-12-10(14-11)13-7-9-4-5-16(3)15-9/h4-5,8H,6-7,11H2,1-3H3,(H2,12,13,14). The van der Waals surface area contributed by atoms with Crippen LogP contribution in [-0.4, -0.2) is 22.3 Å². The quantitative estimate of drug-likeness (QED) is 0.291. The Bertz CT molecular complexity index is 341. The van der Waals surface area contributed by atoms with Gasteiger partial charge in [0.1, 0.15) is 0 Å². The van der Waals surface area contributed by atoms with Crippen molar-refractivity contribution >= 4 is 5.96 Å². The van der Waals surface area contributed by atoms with Crippen molar-refractivity contribution in [3.63, 3.8) is 0 Å². The highest BCUT2D eigenvalue weighted by Crippen LogP contribution is 1.96. The third kappa shape index (κ3) is 4.31. The molecule has 1 rings (SSSR count). The van der Waals surface area contributed by atoms with Crippen molar-refractivity contribution < 1.29 is 0 Å². The molecule has 16 heavy (non-hydrogen) atoms. The number of aromatic nitrogens is 2. The Hall–Kier alpha value is -1.56. The number of nitrogens with two attached hydrogens (primary N) is 1. The minimum absolute atomic E-state index is 0.519. The average molecular weight is 224 g/mol. The first-order valence-corrected chi connectivity index (χ1v) is 5.35. The molecule has 0 unspecified atom stereocenters. The van der Waals surface area contributed by atoms with Gasteiger partial charge in [-0.25, -0.2) is 10.8 Å². The number of nitrogens with one attached hydrogen (secondary N) is 2. The number of hydrogen-bond donors (Lipinski definition) is 3. The molecule has 0 spiro atoms. The van der Waals surface area contributed by atoms with Crippen molar-refractivity contribution in [2.24, 2.45) is 23.8 Å². The Labute approximate surface area is 95.9 Å². The molecule has 6 nitrogen and oxygen atoms in total. The third-order valence-electron chi connectivity index (χ3n) is 1.98. The summed E-state index contributed by atoms with van der Waals surface area (Å²) in [5.41, 5.74) is 3.46. The summed E-state index contributed by atoms with van der Waals surface area (Å²) in [4.78, 5) is 4.29. The van der Waals surface area contributed by atoms with E-state index in [0.717, 1.165) is 12.2 Å². The Balaban J connectivity index is 2.46. The second-order valence-electron chi connectivity index (χ2n) is 4.06. The zero-order valence-electron chi connectivity index (χ0n) is 10.1. The van der Waals surface area contributed by atoms with Crippen LogP contribution in [0.2, 0.25) is 0 Å². The summed E-state index contributed by atoms with van der Waals surface area (Å²) in [7, 11) is 1.88. The molecule has 1 aromatic heterocycles. The molecule has 0 saturated heterocycles. The molecule has 0 aliphatic heterocycles. The summed E-state index contributed by atoms with van der Waals surface area (Å²) in [6.45, 7) is 5.61. The topological polar surface area (TPSA) is 80.3 Å². The number of hydrogen-bond acceptors (Lipinski definition) is 3. The summed E-state index contributed by atoms with van der Waals surface area (Å²) in [5.74, 6) is 6.51. The molecule has 0 saturated carbocycles. The average Bonchev–Trinajstić information content (AvgIpc) is 2.64. The summed E-state index contributed by atoms with van der Waals surface area (Å²) >= 11 is 0. The second-order valence-corrected chi connectivity index (χ2v) is 4.06. The normalized spacial score (nSPS) is 11.9. The first-order chi connectivity index (χ1) is 7.61. The van der Waals surface area contributed by atoms with Gasteiger partial charge in [0.25, 0.3) is 0 Å². The van der Waals surface area contributed by atoms with Crippen LogP contribution in [0.25, 0.3) is 0 Å². The highest BCUT2D eigenvalue weighted by molar-refractivity contribution is 5.79. The van der Waals surface area contributed by atoms with E-state index in [4.69, 9.17) is 5.84 Å². The van der Waals surface area contributed by atoms with Crippen LogP contribution in [0.15, 0.2) is 17.3 Å². The molecule has 0 aliphatic carbocycles. The zero-order valence-corrected chi connectivity index (χ0v) is 10.1. The number of rotatable bonds is 4. The van der Waals surface area contributed by atoms with Crippen LogP contribution in [0, 0.1) is 5.92 Å². The lowest BCUT2D eigenvalue weighted by Gasteiger charge is -2.10. The summed E-state index contributed by atoms with van der Waals surface area (Å²) in [6, 6.07) is 1.93. The van der Waals surface area contributed by atoms with Crippen molar-refractivity contribution in [1.29, 1.82) is 0 Å². The van der Waals surface area contributed by atoms with Gasteiger partial charge in [0.05, 0.1) is 12.2 Å². The first-order valence-electron chi connectivity index (χ1n) is 5.35. The Kier molecular flexibility index (Phi) is 4.78. The molecule has 0 amide bonds. The monoisotopic (exact) mass is 224 g/mol. The van der Waals surface area contributed by atoms with E-state index in [9.17, 15) is 0 Å². The van der Waals surface area contributed by atoms with Crippen LogP contribution in [0.3, 0.4) is 0 Å². The molecule has 4 N–H and O–H groups in total. The molecular weight excluding hydrogens is 204 g/mol. The molecule has 0 aliphatic rings. The lowest BCUT2D eigenvalue weighted by molar-refractivity contribution is 0.615. The van der Waals surface area contributed by atoms with Crippen molar-refractivity contribution in [1.82, 2.24) is 20.5 Å². The third-order valence-corrected chi connectivity index (χ3v) is 1.98. The van der Waals surface area contributed by atoms with Gasteiger partial charge < -0.3 is 5.32 Å². The number of aryl methyl sites for hydroxylation is 1. The molecule has 0 fully saturated rings. The SMILES string of the molecule is CC(C)CNC(=NCc1ccn(C)n1)NN. The predicted octanol–water partition coefficient (Wildman–Crippen LogP) is -0.0150. The minimum atomic E-state index is 0.519. The van der Waals surface area contributed by atoms with Gasteiger partial charge in [0.15, 0.2) is 0 Å². The Morgan fingerprint density at radius 3 is 2.88 bits per heavy atom. The van der Waals surface area contributed by atoms with E-state index >= 15 is 0 Å². The van der Waals surface area contributed by atoms with Crippen molar-refractivity contribution in [3.05, 3.63) is 18.0 Å². The van der Waals surface area contributed by atoms with Gasteiger partial charge in [-0.15, -0.1) is 0 Å². The van der Waals surface area contributed by atoms with Gasteiger partial charge in [-0.05, 0) is 12.0 Å². The van der Waals surface area contributed by atoms with Crippen LogP contribution in [-0.2, 0) is 13.6 Å². The summed E-state index contributed by atoms with van der Waals surface area (Å²) in [6.07, 6.45) is 1.89. The van der Waals surface area contributed by atoms with Crippen molar-refractivity contribution in [2.75, 3.05) is 6.54 Å². The van der Waals surface area contributed by atoms with Gasteiger partial charge in [-0.2, -0.15) is 5.10 Å².